The Morgan fingerprint density at radius 3 is 2.46 bits per heavy atom. The Bertz CT molecular complexity index is 810. The van der Waals surface area contributed by atoms with Gasteiger partial charge in [0.1, 0.15) is 0 Å². The van der Waals surface area contributed by atoms with Gasteiger partial charge in [0.2, 0.25) is 0 Å². The van der Waals surface area contributed by atoms with E-state index in [0.717, 1.165) is 17.0 Å². The van der Waals surface area contributed by atoms with E-state index in [4.69, 9.17) is 0 Å². The SMILES string of the molecule is Cc1cc(C)n(Cc2ccc(C(=O)N3CC(C)CC(C(=O)O)C3)cc2)n1. The fourth-order valence-corrected chi connectivity index (χ4v) is 3.64. The molecule has 6 nitrogen and oxygen atoms in total. The van der Waals surface area contributed by atoms with Gasteiger partial charge in [-0.25, -0.2) is 0 Å². The van der Waals surface area contributed by atoms with E-state index in [0.29, 0.717) is 25.1 Å². The molecule has 1 N–H and O–H groups in total. The summed E-state index contributed by atoms with van der Waals surface area (Å²) >= 11 is 0. The maximum Gasteiger partial charge on any atom is 0.308 e. The molecule has 0 aliphatic carbocycles. The van der Waals surface area contributed by atoms with E-state index in [1.807, 2.05) is 55.8 Å². The molecule has 0 bridgehead atoms. The van der Waals surface area contributed by atoms with Crippen LogP contribution in [0.15, 0.2) is 30.3 Å². The van der Waals surface area contributed by atoms with Crippen molar-refractivity contribution >= 4 is 11.9 Å². The Morgan fingerprint density at radius 1 is 1.19 bits per heavy atom. The van der Waals surface area contributed by atoms with Crippen LogP contribution in [0.25, 0.3) is 0 Å². The van der Waals surface area contributed by atoms with Crippen molar-refractivity contribution in [1.29, 1.82) is 0 Å². The molecule has 1 aromatic heterocycles. The van der Waals surface area contributed by atoms with Crippen LogP contribution in [0.5, 0.6) is 0 Å². The Kier molecular flexibility index (Phi) is 5.11. The summed E-state index contributed by atoms with van der Waals surface area (Å²) in [5, 5.41) is 13.7. The number of aliphatic carboxylic acids is 1. The normalized spacial score (nSPS) is 20.2. The number of carboxylic acid groups (broad SMARTS) is 1. The molecule has 1 aliphatic heterocycles. The van der Waals surface area contributed by atoms with E-state index in [2.05, 4.69) is 5.10 Å². The zero-order chi connectivity index (χ0) is 18.8. The van der Waals surface area contributed by atoms with Gasteiger partial charge in [-0.15, -0.1) is 0 Å². The number of aryl methyl sites for hydroxylation is 2. The topological polar surface area (TPSA) is 75.4 Å². The molecule has 2 heterocycles. The maximum absolute atomic E-state index is 12.8. The highest BCUT2D eigenvalue weighted by Crippen LogP contribution is 2.23. The van der Waals surface area contributed by atoms with Crippen molar-refractivity contribution in [2.75, 3.05) is 13.1 Å². The first-order chi connectivity index (χ1) is 12.3. The number of hydrogen-bond acceptors (Lipinski definition) is 3. The molecule has 1 aromatic carbocycles. The van der Waals surface area contributed by atoms with Crippen molar-refractivity contribution in [3.05, 3.63) is 52.8 Å². The number of amides is 1. The molecule has 2 atom stereocenters. The van der Waals surface area contributed by atoms with E-state index >= 15 is 0 Å². The van der Waals surface area contributed by atoms with Gasteiger partial charge in [0, 0.05) is 24.3 Å². The minimum Gasteiger partial charge on any atom is -0.481 e. The van der Waals surface area contributed by atoms with Crippen molar-refractivity contribution in [2.24, 2.45) is 11.8 Å². The predicted octanol–water partition coefficient (Wildman–Crippen LogP) is 2.73. The molecule has 6 heteroatoms. The van der Waals surface area contributed by atoms with Crippen molar-refractivity contribution in [3.8, 4) is 0 Å². The summed E-state index contributed by atoms with van der Waals surface area (Å²) in [5.74, 6) is -1.21. The second-order valence-corrected chi connectivity index (χ2v) is 7.37. The minimum atomic E-state index is -0.824. The highest BCUT2D eigenvalue weighted by molar-refractivity contribution is 5.94. The molecule has 0 radical (unpaired) electrons. The fourth-order valence-electron chi connectivity index (χ4n) is 3.64. The van der Waals surface area contributed by atoms with Gasteiger partial charge in [-0.3, -0.25) is 14.3 Å². The molecule has 2 aromatic rings. The molecule has 0 spiro atoms. The molecule has 1 aliphatic rings. The number of hydrogen-bond donors (Lipinski definition) is 1. The highest BCUT2D eigenvalue weighted by atomic mass is 16.4. The van der Waals surface area contributed by atoms with E-state index in [9.17, 15) is 14.7 Å². The maximum atomic E-state index is 12.8. The zero-order valence-corrected chi connectivity index (χ0v) is 15.5. The Labute approximate surface area is 153 Å². The molecule has 1 fully saturated rings. The lowest BCUT2D eigenvalue weighted by Crippen LogP contribution is -2.45. The van der Waals surface area contributed by atoms with Gasteiger partial charge in [0.25, 0.3) is 5.91 Å². The molecular weight excluding hydrogens is 330 g/mol. The third-order valence-corrected chi connectivity index (χ3v) is 4.93. The average molecular weight is 355 g/mol. The third-order valence-electron chi connectivity index (χ3n) is 4.93. The van der Waals surface area contributed by atoms with Crippen LogP contribution in [-0.2, 0) is 11.3 Å². The molecule has 26 heavy (non-hydrogen) atoms. The minimum absolute atomic E-state index is 0.0968. The average Bonchev–Trinajstić information content (AvgIpc) is 2.91. The second-order valence-electron chi connectivity index (χ2n) is 7.37. The molecule has 2 unspecified atom stereocenters. The number of carbonyl (C=O) groups excluding carboxylic acids is 1. The summed E-state index contributed by atoms with van der Waals surface area (Å²) in [7, 11) is 0. The number of benzene rings is 1. The summed E-state index contributed by atoms with van der Waals surface area (Å²) in [6, 6.07) is 9.54. The van der Waals surface area contributed by atoms with Gasteiger partial charge in [0.15, 0.2) is 0 Å². The Hall–Kier alpha value is -2.63. The molecular formula is C20H25N3O3. The van der Waals surface area contributed by atoms with E-state index < -0.39 is 11.9 Å². The third kappa shape index (κ3) is 3.95. The quantitative estimate of drug-likeness (QED) is 0.915. The van der Waals surface area contributed by atoms with Crippen molar-refractivity contribution < 1.29 is 14.7 Å². The molecule has 138 valence electrons. The molecule has 1 amide bonds. The predicted molar refractivity (Wildman–Crippen MR) is 98.1 cm³/mol. The van der Waals surface area contributed by atoms with Crippen LogP contribution in [0.2, 0.25) is 0 Å². The smallest absolute Gasteiger partial charge is 0.308 e. The van der Waals surface area contributed by atoms with Gasteiger partial charge in [-0.1, -0.05) is 19.1 Å². The lowest BCUT2D eigenvalue weighted by molar-refractivity contribution is -0.143. The van der Waals surface area contributed by atoms with Gasteiger partial charge in [-0.2, -0.15) is 5.10 Å². The zero-order valence-electron chi connectivity index (χ0n) is 15.5. The summed E-state index contributed by atoms with van der Waals surface area (Å²) in [6.07, 6.45) is 0.626. The standard InChI is InChI=1S/C20H25N3O3/c1-13-8-18(20(25)26)12-22(10-13)19(24)17-6-4-16(5-7-17)11-23-15(3)9-14(2)21-23/h4-7,9,13,18H,8,10-12H2,1-3H3,(H,25,26). The van der Waals surface area contributed by atoms with Crippen LogP contribution in [0, 0.1) is 25.7 Å². The van der Waals surface area contributed by atoms with Crippen molar-refractivity contribution in [1.82, 2.24) is 14.7 Å². The van der Waals surface area contributed by atoms with E-state index in [1.165, 1.54) is 0 Å². The van der Waals surface area contributed by atoms with E-state index in [-0.39, 0.29) is 18.4 Å². The first-order valence-electron chi connectivity index (χ1n) is 8.95. The lowest BCUT2D eigenvalue weighted by Gasteiger charge is -2.34. The first-order valence-corrected chi connectivity index (χ1v) is 8.95. The van der Waals surface area contributed by atoms with Crippen LogP contribution in [0.1, 0.15) is 40.7 Å². The summed E-state index contributed by atoms with van der Waals surface area (Å²) < 4.78 is 1.94. The van der Waals surface area contributed by atoms with Gasteiger partial charge < -0.3 is 10.0 Å². The monoisotopic (exact) mass is 355 g/mol. The number of aromatic nitrogens is 2. The number of nitrogens with zero attached hydrogens (tertiary/aromatic N) is 3. The number of carboxylic acids is 1. The van der Waals surface area contributed by atoms with Crippen LogP contribution < -0.4 is 0 Å². The molecule has 3 rings (SSSR count). The van der Waals surface area contributed by atoms with Crippen LogP contribution in [0.3, 0.4) is 0 Å². The molecule has 0 saturated carbocycles. The first kappa shape index (κ1) is 18.2. The van der Waals surface area contributed by atoms with Crippen molar-refractivity contribution in [3.63, 3.8) is 0 Å². The van der Waals surface area contributed by atoms with Gasteiger partial charge in [-0.05, 0) is 49.9 Å². The summed E-state index contributed by atoms with van der Waals surface area (Å²) in [4.78, 5) is 25.7. The van der Waals surface area contributed by atoms with E-state index in [1.54, 1.807) is 4.90 Å². The Balaban J connectivity index is 1.70. The number of rotatable bonds is 4. The number of carbonyl (C=O) groups is 2. The van der Waals surface area contributed by atoms with Crippen molar-refractivity contribution in [2.45, 2.75) is 33.7 Å². The largest absolute Gasteiger partial charge is 0.481 e. The van der Waals surface area contributed by atoms with Crippen LogP contribution in [-0.4, -0.2) is 44.8 Å². The van der Waals surface area contributed by atoms with Gasteiger partial charge in [0.05, 0.1) is 18.2 Å². The molecule has 1 saturated heterocycles. The van der Waals surface area contributed by atoms with Crippen LogP contribution >= 0.6 is 0 Å². The summed E-state index contributed by atoms with van der Waals surface area (Å²) in [5.41, 5.74) is 3.76. The number of likely N-dealkylation sites (tertiary alicyclic amines) is 1. The number of piperidine rings is 1. The van der Waals surface area contributed by atoms with Gasteiger partial charge >= 0.3 is 5.97 Å². The second kappa shape index (κ2) is 7.32. The van der Waals surface area contributed by atoms with Crippen LogP contribution in [0.4, 0.5) is 0 Å². The lowest BCUT2D eigenvalue weighted by atomic mass is 9.90. The summed E-state index contributed by atoms with van der Waals surface area (Å²) in [6.45, 7) is 7.54. The fraction of sp³-hybridized carbons (Fsp3) is 0.450. The Morgan fingerprint density at radius 2 is 1.88 bits per heavy atom. The highest BCUT2D eigenvalue weighted by Gasteiger charge is 2.32.